The summed E-state index contributed by atoms with van der Waals surface area (Å²) in [4.78, 5) is 19.1. The highest BCUT2D eigenvalue weighted by molar-refractivity contribution is 7.52. The number of hydrogen-bond acceptors (Lipinski definition) is 3. The lowest BCUT2D eigenvalue weighted by molar-refractivity contribution is 0.363. The molecular formula is C14H16NO4P. The van der Waals surface area contributed by atoms with Gasteiger partial charge >= 0.3 is 7.60 Å². The van der Waals surface area contributed by atoms with Crippen LogP contribution in [0.3, 0.4) is 0 Å². The van der Waals surface area contributed by atoms with Crippen molar-refractivity contribution in [2.24, 2.45) is 0 Å². The van der Waals surface area contributed by atoms with Gasteiger partial charge in [0, 0.05) is 5.69 Å². The van der Waals surface area contributed by atoms with E-state index in [2.05, 4.69) is 5.32 Å². The predicted molar refractivity (Wildman–Crippen MR) is 77.8 cm³/mol. The van der Waals surface area contributed by atoms with Gasteiger partial charge in [-0.15, -0.1) is 0 Å². The fraction of sp³-hybridized carbons (Fsp3) is 0.143. The molecule has 0 aliphatic rings. The molecule has 106 valence electrons. The second kappa shape index (κ2) is 6.09. The van der Waals surface area contributed by atoms with Crippen LogP contribution in [0.2, 0.25) is 0 Å². The van der Waals surface area contributed by atoms with Crippen molar-refractivity contribution < 1.29 is 19.1 Å². The number of hydrogen-bond donors (Lipinski definition) is 3. The second-order valence-electron chi connectivity index (χ2n) is 4.28. The summed E-state index contributed by atoms with van der Waals surface area (Å²) in [5, 5.41) is 2.87. The minimum absolute atomic E-state index is 0.503. The molecule has 0 fully saturated rings. The van der Waals surface area contributed by atoms with Crippen LogP contribution in [0.15, 0.2) is 54.6 Å². The van der Waals surface area contributed by atoms with E-state index in [1.54, 1.807) is 48.5 Å². The molecule has 2 aromatic rings. The van der Waals surface area contributed by atoms with Crippen LogP contribution in [0.1, 0.15) is 11.3 Å². The third-order valence-electron chi connectivity index (χ3n) is 2.85. The van der Waals surface area contributed by atoms with Gasteiger partial charge in [0.25, 0.3) is 0 Å². The zero-order valence-electron chi connectivity index (χ0n) is 10.9. The normalized spacial score (nSPS) is 12.8. The Bertz CT molecular complexity index is 594. The number of anilines is 1. The molecule has 5 nitrogen and oxygen atoms in total. The highest BCUT2D eigenvalue weighted by atomic mass is 31.2. The second-order valence-corrected chi connectivity index (χ2v) is 5.97. The van der Waals surface area contributed by atoms with Crippen molar-refractivity contribution in [2.45, 2.75) is 5.78 Å². The van der Waals surface area contributed by atoms with Crippen LogP contribution in [-0.2, 0) is 4.57 Å². The highest BCUT2D eigenvalue weighted by Gasteiger charge is 2.30. The molecule has 0 heterocycles. The number of benzene rings is 2. The van der Waals surface area contributed by atoms with Gasteiger partial charge in [-0.05, 0) is 29.8 Å². The number of ether oxygens (including phenoxy) is 1. The van der Waals surface area contributed by atoms with Crippen LogP contribution in [0.4, 0.5) is 5.69 Å². The molecule has 0 saturated carbocycles. The monoisotopic (exact) mass is 293 g/mol. The Morgan fingerprint density at radius 1 is 1.05 bits per heavy atom. The molecule has 6 heteroatoms. The Morgan fingerprint density at radius 3 is 2.15 bits per heavy atom. The summed E-state index contributed by atoms with van der Waals surface area (Å²) in [7, 11) is -2.80. The maximum absolute atomic E-state index is 11.7. The van der Waals surface area contributed by atoms with Gasteiger partial charge in [0.1, 0.15) is 5.75 Å². The first-order valence-electron chi connectivity index (χ1n) is 6.01. The molecular weight excluding hydrogens is 277 g/mol. The van der Waals surface area contributed by atoms with Crippen LogP contribution in [-0.4, -0.2) is 16.9 Å². The topological polar surface area (TPSA) is 78.8 Å². The van der Waals surface area contributed by atoms with Crippen molar-refractivity contribution in [1.29, 1.82) is 0 Å². The first-order valence-corrected chi connectivity index (χ1v) is 7.69. The molecule has 0 radical (unpaired) electrons. The number of rotatable bonds is 5. The Labute approximate surface area is 117 Å². The summed E-state index contributed by atoms with van der Waals surface area (Å²) in [5.41, 5.74) is 1.15. The molecule has 0 aliphatic heterocycles. The van der Waals surface area contributed by atoms with E-state index in [-0.39, 0.29) is 0 Å². The average molecular weight is 293 g/mol. The Kier molecular flexibility index (Phi) is 4.45. The van der Waals surface area contributed by atoms with Gasteiger partial charge in [-0.1, -0.05) is 30.3 Å². The minimum Gasteiger partial charge on any atom is -0.497 e. The smallest absolute Gasteiger partial charge is 0.352 e. The minimum atomic E-state index is -4.34. The average Bonchev–Trinajstić information content (AvgIpc) is 2.45. The van der Waals surface area contributed by atoms with Crippen LogP contribution in [0.25, 0.3) is 0 Å². The fourth-order valence-corrected chi connectivity index (χ4v) is 2.72. The van der Waals surface area contributed by atoms with Gasteiger partial charge in [0.05, 0.1) is 7.11 Å². The van der Waals surface area contributed by atoms with E-state index in [4.69, 9.17) is 4.74 Å². The Hall–Kier alpha value is -1.81. The summed E-state index contributed by atoms with van der Waals surface area (Å²) in [6.45, 7) is 0. The summed E-state index contributed by atoms with van der Waals surface area (Å²) in [6.07, 6.45) is 0. The zero-order chi connectivity index (χ0) is 14.6. The number of para-hydroxylation sites is 1. The van der Waals surface area contributed by atoms with E-state index in [1.165, 1.54) is 7.11 Å². The molecule has 2 aromatic carbocycles. The van der Waals surface area contributed by atoms with Crippen LogP contribution in [0.5, 0.6) is 5.75 Å². The SMILES string of the molecule is COc1ccc(C(Nc2ccccc2)P(=O)(O)O)cc1. The van der Waals surface area contributed by atoms with E-state index in [0.29, 0.717) is 17.0 Å². The lowest BCUT2D eigenvalue weighted by Crippen LogP contribution is -2.11. The van der Waals surface area contributed by atoms with Gasteiger partial charge in [-0.3, -0.25) is 4.57 Å². The van der Waals surface area contributed by atoms with Crippen molar-refractivity contribution in [3.8, 4) is 5.75 Å². The lowest BCUT2D eigenvalue weighted by Gasteiger charge is -2.21. The molecule has 3 N–H and O–H groups in total. The summed E-state index contributed by atoms with van der Waals surface area (Å²) in [6, 6.07) is 15.6. The molecule has 0 amide bonds. The van der Waals surface area contributed by atoms with Crippen LogP contribution < -0.4 is 10.1 Å². The molecule has 1 atom stereocenters. The quantitative estimate of drug-likeness (QED) is 0.739. The predicted octanol–water partition coefficient (Wildman–Crippen LogP) is 2.98. The van der Waals surface area contributed by atoms with E-state index in [0.717, 1.165) is 0 Å². The van der Waals surface area contributed by atoms with Crippen LogP contribution >= 0.6 is 7.60 Å². The molecule has 0 aromatic heterocycles. The maximum atomic E-state index is 11.7. The summed E-state index contributed by atoms with van der Waals surface area (Å²) < 4.78 is 16.7. The van der Waals surface area contributed by atoms with Gasteiger partial charge in [-0.2, -0.15) is 0 Å². The lowest BCUT2D eigenvalue weighted by atomic mass is 10.2. The molecule has 0 bridgehead atoms. The highest BCUT2D eigenvalue weighted by Crippen LogP contribution is 2.51. The number of nitrogens with one attached hydrogen (secondary N) is 1. The zero-order valence-corrected chi connectivity index (χ0v) is 11.8. The van der Waals surface area contributed by atoms with E-state index < -0.39 is 13.4 Å². The summed E-state index contributed by atoms with van der Waals surface area (Å²) in [5.74, 6) is -0.450. The molecule has 0 spiro atoms. The largest absolute Gasteiger partial charge is 0.497 e. The first kappa shape index (κ1) is 14.6. The standard InChI is InChI=1S/C14H16NO4P/c1-19-13-9-7-11(8-10-13)14(20(16,17)18)15-12-5-3-2-4-6-12/h2-10,14-15H,1H3,(H2,16,17,18). The van der Waals surface area contributed by atoms with Crippen molar-refractivity contribution in [3.63, 3.8) is 0 Å². The van der Waals surface area contributed by atoms with Crippen molar-refractivity contribution in [3.05, 3.63) is 60.2 Å². The Balaban J connectivity index is 2.30. The third kappa shape index (κ3) is 3.61. The number of methoxy groups -OCH3 is 1. The van der Waals surface area contributed by atoms with Gasteiger partial charge in [0.2, 0.25) is 0 Å². The van der Waals surface area contributed by atoms with Crippen molar-refractivity contribution in [1.82, 2.24) is 0 Å². The van der Waals surface area contributed by atoms with Gasteiger partial charge in [0.15, 0.2) is 5.78 Å². The van der Waals surface area contributed by atoms with Crippen LogP contribution in [0, 0.1) is 0 Å². The summed E-state index contributed by atoms with van der Waals surface area (Å²) >= 11 is 0. The van der Waals surface area contributed by atoms with Crippen molar-refractivity contribution in [2.75, 3.05) is 12.4 Å². The molecule has 0 saturated heterocycles. The van der Waals surface area contributed by atoms with Crippen molar-refractivity contribution >= 4 is 13.3 Å². The van der Waals surface area contributed by atoms with E-state index in [1.807, 2.05) is 6.07 Å². The van der Waals surface area contributed by atoms with E-state index in [9.17, 15) is 14.4 Å². The molecule has 1 unspecified atom stereocenters. The molecule has 2 rings (SSSR count). The van der Waals surface area contributed by atoms with E-state index >= 15 is 0 Å². The maximum Gasteiger partial charge on any atom is 0.352 e. The molecule has 20 heavy (non-hydrogen) atoms. The Morgan fingerprint density at radius 2 is 1.65 bits per heavy atom. The first-order chi connectivity index (χ1) is 9.50. The third-order valence-corrected chi connectivity index (χ3v) is 3.95. The molecule has 0 aliphatic carbocycles. The van der Waals surface area contributed by atoms with Gasteiger partial charge in [-0.25, -0.2) is 0 Å². The fourth-order valence-electron chi connectivity index (χ4n) is 1.84. The van der Waals surface area contributed by atoms with Gasteiger partial charge < -0.3 is 19.8 Å².